The maximum absolute atomic E-state index is 8.39. The fourth-order valence-corrected chi connectivity index (χ4v) is 1.60. The van der Waals surface area contributed by atoms with Crippen molar-refractivity contribution in [3.63, 3.8) is 0 Å². The van der Waals surface area contributed by atoms with Gasteiger partial charge < -0.3 is 20.1 Å². The third kappa shape index (κ3) is 2.68. The summed E-state index contributed by atoms with van der Waals surface area (Å²) in [5.41, 5.74) is 7.22. The summed E-state index contributed by atoms with van der Waals surface area (Å²) in [4.78, 5) is 0. The molecule has 6 heteroatoms. The van der Waals surface area contributed by atoms with Crippen LogP contribution in [0.2, 0.25) is 0 Å². The topological polar surface area (TPSA) is 81.0 Å². The van der Waals surface area contributed by atoms with Crippen molar-refractivity contribution in [1.29, 1.82) is 0 Å². The average molecular weight is 271 g/mol. The number of fused-ring (bicyclic) bond motifs is 1. The predicted octanol–water partition coefficient (Wildman–Crippen LogP) is 2.60. The minimum atomic E-state index is 0. The van der Waals surface area contributed by atoms with E-state index in [1.165, 1.54) is 0 Å². The van der Waals surface area contributed by atoms with Gasteiger partial charge in [-0.15, -0.1) is 12.4 Å². The molecule has 0 radical (unpaired) electrons. The van der Waals surface area contributed by atoms with Gasteiger partial charge in [-0.2, -0.15) is 0 Å². The number of amidine groups is 1. The second-order valence-corrected chi connectivity index (χ2v) is 3.82. The molecule has 2 rings (SSSR count). The van der Waals surface area contributed by atoms with Crippen molar-refractivity contribution in [3.05, 3.63) is 29.5 Å². The summed E-state index contributed by atoms with van der Waals surface area (Å²) in [5, 5.41) is 12.3. The normalized spacial score (nSPS) is 11.3. The van der Waals surface area contributed by atoms with E-state index in [1.54, 1.807) is 6.07 Å². The Morgan fingerprint density at radius 1 is 1.44 bits per heavy atom. The van der Waals surface area contributed by atoms with E-state index in [0.717, 1.165) is 22.3 Å². The Bertz CT molecular complexity index is 578. The molecule has 0 amide bonds. The lowest BCUT2D eigenvalue weighted by molar-refractivity contribution is 0.306. The zero-order valence-electron chi connectivity index (χ0n) is 10.1. The quantitative estimate of drug-likeness (QED) is 0.389. The van der Waals surface area contributed by atoms with Crippen molar-refractivity contribution in [3.8, 4) is 5.75 Å². The van der Waals surface area contributed by atoms with Crippen LogP contribution in [-0.2, 0) is 0 Å². The number of nitrogens with two attached hydrogens (primary N) is 1. The van der Waals surface area contributed by atoms with Crippen LogP contribution in [-0.4, -0.2) is 17.6 Å². The standard InChI is InChI=1S/C12H14N2O3.ClH/c1-7-8(2)17-11-5-9(3-4-10(7)11)16-6-12(13)14-15;/h3-5,15H,6H2,1-2H3,(H2,13,14);1H. The van der Waals surface area contributed by atoms with Crippen LogP contribution >= 0.6 is 12.4 Å². The summed E-state index contributed by atoms with van der Waals surface area (Å²) in [6, 6.07) is 5.55. The third-order valence-corrected chi connectivity index (χ3v) is 2.66. The van der Waals surface area contributed by atoms with E-state index in [9.17, 15) is 0 Å². The molecule has 0 fully saturated rings. The van der Waals surface area contributed by atoms with Crippen LogP contribution in [0.3, 0.4) is 0 Å². The summed E-state index contributed by atoms with van der Waals surface area (Å²) in [5.74, 6) is 1.54. The van der Waals surface area contributed by atoms with Gasteiger partial charge in [0.1, 0.15) is 23.7 Å². The van der Waals surface area contributed by atoms with Gasteiger partial charge in [-0.1, -0.05) is 5.16 Å². The second kappa shape index (κ2) is 5.64. The maximum atomic E-state index is 8.39. The first-order valence-corrected chi connectivity index (χ1v) is 5.20. The number of aryl methyl sites for hydroxylation is 2. The number of furan rings is 1. The van der Waals surface area contributed by atoms with Crippen LogP contribution in [0.25, 0.3) is 11.0 Å². The number of hydrogen-bond donors (Lipinski definition) is 2. The molecule has 0 atom stereocenters. The Morgan fingerprint density at radius 3 is 2.83 bits per heavy atom. The van der Waals surface area contributed by atoms with Gasteiger partial charge in [0, 0.05) is 11.5 Å². The lowest BCUT2D eigenvalue weighted by atomic mass is 10.1. The molecule has 0 aliphatic rings. The largest absolute Gasteiger partial charge is 0.485 e. The molecular weight excluding hydrogens is 256 g/mol. The van der Waals surface area contributed by atoms with Gasteiger partial charge in [-0.25, -0.2) is 0 Å². The lowest BCUT2D eigenvalue weighted by Gasteiger charge is -2.04. The van der Waals surface area contributed by atoms with Crippen LogP contribution in [0.5, 0.6) is 5.75 Å². The van der Waals surface area contributed by atoms with E-state index in [1.807, 2.05) is 26.0 Å². The van der Waals surface area contributed by atoms with Crippen molar-refractivity contribution < 1.29 is 14.4 Å². The van der Waals surface area contributed by atoms with Crippen LogP contribution in [0.4, 0.5) is 0 Å². The fourth-order valence-electron chi connectivity index (χ4n) is 1.60. The van der Waals surface area contributed by atoms with E-state index < -0.39 is 0 Å². The second-order valence-electron chi connectivity index (χ2n) is 3.82. The zero-order valence-corrected chi connectivity index (χ0v) is 11.0. The maximum Gasteiger partial charge on any atom is 0.177 e. The minimum Gasteiger partial charge on any atom is -0.485 e. The van der Waals surface area contributed by atoms with E-state index in [-0.39, 0.29) is 24.8 Å². The zero-order chi connectivity index (χ0) is 12.4. The number of hydrogen-bond acceptors (Lipinski definition) is 4. The molecule has 0 spiro atoms. The molecule has 3 N–H and O–H groups in total. The first-order valence-electron chi connectivity index (χ1n) is 5.20. The van der Waals surface area contributed by atoms with Gasteiger partial charge in [0.2, 0.25) is 0 Å². The lowest BCUT2D eigenvalue weighted by Crippen LogP contribution is -2.20. The molecule has 1 aromatic carbocycles. The Labute approximate surface area is 111 Å². The number of rotatable bonds is 3. The summed E-state index contributed by atoms with van der Waals surface area (Å²) in [6.07, 6.45) is 0. The first-order chi connectivity index (χ1) is 8.11. The Hall–Kier alpha value is -1.88. The van der Waals surface area contributed by atoms with Crippen molar-refractivity contribution in [2.24, 2.45) is 10.9 Å². The van der Waals surface area contributed by atoms with E-state index in [0.29, 0.717) is 5.75 Å². The number of nitrogens with zero attached hydrogens (tertiary/aromatic N) is 1. The molecule has 2 aromatic rings. The van der Waals surface area contributed by atoms with Crippen molar-refractivity contribution in [2.45, 2.75) is 13.8 Å². The molecule has 18 heavy (non-hydrogen) atoms. The van der Waals surface area contributed by atoms with Crippen LogP contribution in [0, 0.1) is 13.8 Å². The van der Waals surface area contributed by atoms with Gasteiger partial charge in [0.15, 0.2) is 5.84 Å². The fraction of sp³-hybridized carbons (Fsp3) is 0.250. The minimum absolute atomic E-state index is 0. The molecule has 0 aliphatic carbocycles. The molecule has 0 saturated heterocycles. The van der Waals surface area contributed by atoms with Crippen LogP contribution in [0.1, 0.15) is 11.3 Å². The molecule has 0 saturated carbocycles. The molecule has 1 heterocycles. The Morgan fingerprint density at radius 2 is 2.17 bits per heavy atom. The summed E-state index contributed by atoms with van der Waals surface area (Å²) < 4.78 is 10.9. The van der Waals surface area contributed by atoms with Crippen molar-refractivity contribution in [2.75, 3.05) is 6.61 Å². The van der Waals surface area contributed by atoms with Gasteiger partial charge in [0.05, 0.1) is 0 Å². The van der Waals surface area contributed by atoms with Crippen LogP contribution in [0.15, 0.2) is 27.8 Å². The predicted molar refractivity (Wildman–Crippen MR) is 71.8 cm³/mol. The molecular formula is C12H15ClN2O3. The number of oxime groups is 1. The summed E-state index contributed by atoms with van der Waals surface area (Å²) in [7, 11) is 0. The van der Waals surface area contributed by atoms with Crippen molar-refractivity contribution >= 4 is 29.2 Å². The Kier molecular flexibility index (Phi) is 4.44. The highest BCUT2D eigenvalue weighted by atomic mass is 35.5. The van der Waals surface area contributed by atoms with Gasteiger partial charge in [0.25, 0.3) is 0 Å². The smallest absolute Gasteiger partial charge is 0.177 e. The summed E-state index contributed by atoms with van der Waals surface area (Å²) >= 11 is 0. The monoisotopic (exact) mass is 270 g/mol. The van der Waals surface area contributed by atoms with Crippen LogP contribution < -0.4 is 10.5 Å². The highest BCUT2D eigenvalue weighted by Crippen LogP contribution is 2.27. The van der Waals surface area contributed by atoms with E-state index in [2.05, 4.69) is 5.16 Å². The van der Waals surface area contributed by atoms with Crippen molar-refractivity contribution in [1.82, 2.24) is 0 Å². The molecule has 0 bridgehead atoms. The molecule has 0 unspecified atom stereocenters. The number of halogens is 1. The number of ether oxygens (including phenoxy) is 1. The molecule has 1 aromatic heterocycles. The van der Waals surface area contributed by atoms with E-state index in [4.69, 9.17) is 20.1 Å². The number of benzene rings is 1. The Balaban J connectivity index is 0.00000162. The van der Waals surface area contributed by atoms with Gasteiger partial charge in [-0.05, 0) is 31.5 Å². The summed E-state index contributed by atoms with van der Waals surface area (Å²) in [6.45, 7) is 3.98. The first kappa shape index (κ1) is 14.2. The highest BCUT2D eigenvalue weighted by Gasteiger charge is 2.07. The van der Waals surface area contributed by atoms with E-state index >= 15 is 0 Å². The molecule has 0 aliphatic heterocycles. The van der Waals surface area contributed by atoms with Gasteiger partial charge in [-0.3, -0.25) is 0 Å². The highest BCUT2D eigenvalue weighted by molar-refractivity contribution is 5.85. The third-order valence-electron chi connectivity index (χ3n) is 2.66. The van der Waals surface area contributed by atoms with Gasteiger partial charge >= 0.3 is 0 Å². The molecule has 5 nitrogen and oxygen atoms in total. The SMILES string of the molecule is Cc1oc2cc(OCC(N)=NO)ccc2c1C.Cl. The average Bonchev–Trinajstić information content (AvgIpc) is 2.62. The molecule has 98 valence electrons.